The molecule has 1 amide bonds. The number of piperazine rings is 1. The van der Waals surface area contributed by atoms with Crippen LogP contribution in [0.15, 0.2) is 30.5 Å². The number of benzene rings is 1. The summed E-state index contributed by atoms with van der Waals surface area (Å²) in [7, 11) is 3.29. The van der Waals surface area contributed by atoms with E-state index in [0.717, 1.165) is 57.5 Å². The van der Waals surface area contributed by atoms with Crippen molar-refractivity contribution in [2.75, 3.05) is 50.5 Å². The lowest BCUT2D eigenvalue weighted by molar-refractivity contribution is 0.0810. The quantitative estimate of drug-likeness (QED) is 0.539. The average molecular weight is 494 g/mol. The first-order valence-electron chi connectivity index (χ1n) is 13.0. The Balaban J connectivity index is 1.39. The van der Waals surface area contributed by atoms with E-state index in [0.29, 0.717) is 17.6 Å². The molecule has 3 aromatic rings. The highest BCUT2D eigenvalue weighted by Crippen LogP contribution is 2.36. The van der Waals surface area contributed by atoms with Crippen LogP contribution in [0, 0.1) is 5.82 Å². The van der Waals surface area contributed by atoms with Gasteiger partial charge in [-0.3, -0.25) is 9.69 Å². The van der Waals surface area contributed by atoms with Crippen molar-refractivity contribution in [3.63, 3.8) is 0 Å². The van der Waals surface area contributed by atoms with Gasteiger partial charge >= 0.3 is 0 Å². The van der Waals surface area contributed by atoms with Gasteiger partial charge in [-0.25, -0.2) is 9.37 Å². The Morgan fingerprint density at radius 3 is 2.36 bits per heavy atom. The van der Waals surface area contributed by atoms with Crippen LogP contribution < -0.4 is 10.2 Å². The van der Waals surface area contributed by atoms with E-state index < -0.39 is 5.82 Å². The van der Waals surface area contributed by atoms with Crippen molar-refractivity contribution in [2.24, 2.45) is 0 Å². The van der Waals surface area contributed by atoms with Gasteiger partial charge < -0.3 is 19.7 Å². The van der Waals surface area contributed by atoms with Crippen molar-refractivity contribution in [2.45, 2.75) is 51.6 Å². The van der Waals surface area contributed by atoms with E-state index in [1.54, 1.807) is 14.1 Å². The number of halogens is 1. The van der Waals surface area contributed by atoms with Gasteiger partial charge in [0.1, 0.15) is 11.3 Å². The van der Waals surface area contributed by atoms with Crippen LogP contribution in [0.2, 0.25) is 0 Å². The Bertz CT molecular complexity index is 1220. The molecule has 8 nitrogen and oxygen atoms in total. The highest BCUT2D eigenvalue weighted by Gasteiger charge is 2.31. The highest BCUT2D eigenvalue weighted by molar-refractivity contribution is 5.98. The summed E-state index contributed by atoms with van der Waals surface area (Å²) in [6.45, 7) is 8.66. The summed E-state index contributed by atoms with van der Waals surface area (Å²) in [5.74, 6) is -0.498. The number of carbonyl (C=O) groups excluding carboxylic acids is 1. The zero-order valence-electron chi connectivity index (χ0n) is 21.7. The molecule has 2 aliphatic rings. The van der Waals surface area contributed by atoms with Crippen molar-refractivity contribution < 1.29 is 9.18 Å². The normalized spacial score (nSPS) is 17.3. The minimum Gasteiger partial charge on any atom is -0.369 e. The van der Waals surface area contributed by atoms with Crippen LogP contribution in [0.4, 0.5) is 21.7 Å². The summed E-state index contributed by atoms with van der Waals surface area (Å²) in [6.07, 6.45) is 5.45. The van der Waals surface area contributed by atoms with E-state index in [2.05, 4.69) is 51.1 Å². The molecule has 3 heterocycles. The van der Waals surface area contributed by atoms with Crippen molar-refractivity contribution in [1.82, 2.24) is 24.3 Å². The van der Waals surface area contributed by atoms with Gasteiger partial charge in [-0.15, -0.1) is 0 Å². The molecule has 5 rings (SSSR count). The van der Waals surface area contributed by atoms with Gasteiger partial charge in [-0.1, -0.05) is 12.8 Å². The summed E-state index contributed by atoms with van der Waals surface area (Å²) in [6, 6.07) is 8.91. The summed E-state index contributed by atoms with van der Waals surface area (Å²) in [4.78, 5) is 28.3. The number of nitrogens with one attached hydrogen (secondary N) is 1. The van der Waals surface area contributed by atoms with Crippen LogP contribution in [0.3, 0.4) is 0 Å². The van der Waals surface area contributed by atoms with E-state index in [-0.39, 0.29) is 23.0 Å². The third-order valence-corrected chi connectivity index (χ3v) is 7.51. The molecule has 9 heteroatoms. The third-order valence-electron chi connectivity index (χ3n) is 7.51. The number of hydrogen-bond acceptors (Lipinski definition) is 6. The number of rotatable bonds is 6. The van der Waals surface area contributed by atoms with Crippen LogP contribution in [0.1, 0.15) is 56.1 Å². The van der Waals surface area contributed by atoms with E-state index in [4.69, 9.17) is 0 Å². The summed E-state index contributed by atoms with van der Waals surface area (Å²) >= 11 is 0. The maximum Gasteiger partial charge on any atom is 0.273 e. The lowest BCUT2D eigenvalue weighted by atomic mass is 10.2. The molecular formula is C27H36FN7O. The Labute approximate surface area is 212 Å². The molecule has 2 aromatic heterocycles. The highest BCUT2D eigenvalue weighted by atomic mass is 19.1. The zero-order valence-corrected chi connectivity index (χ0v) is 21.7. The monoisotopic (exact) mass is 493 g/mol. The largest absolute Gasteiger partial charge is 0.369 e. The van der Waals surface area contributed by atoms with Crippen molar-refractivity contribution in [3.8, 4) is 0 Å². The maximum absolute atomic E-state index is 15.4. The number of nitrogens with zero attached hydrogens (tertiary/aromatic N) is 6. The first-order chi connectivity index (χ1) is 17.3. The third kappa shape index (κ3) is 4.64. The Kier molecular flexibility index (Phi) is 6.83. The second kappa shape index (κ2) is 10.0. The van der Waals surface area contributed by atoms with E-state index in [1.807, 2.05) is 16.7 Å². The Morgan fingerprint density at radius 2 is 1.75 bits per heavy atom. The van der Waals surface area contributed by atoms with Gasteiger partial charge in [0.05, 0.1) is 5.39 Å². The fraction of sp³-hybridized carbons (Fsp3) is 0.519. The predicted molar refractivity (Wildman–Crippen MR) is 142 cm³/mol. The summed E-state index contributed by atoms with van der Waals surface area (Å²) < 4.78 is 17.2. The summed E-state index contributed by atoms with van der Waals surface area (Å²) in [5, 5.41) is 3.55. The SMILES string of the molecule is CC(C)N1CCN(c2ccc(Nc3ncc4c(F)c(C(=O)N(C)C)n(C5CCCC5)c4n3)cc2)CC1. The standard InChI is InChI=1S/C27H36FN7O/c1-18(2)33-13-15-34(16-14-33)20-11-9-19(10-12-20)30-27-29-17-22-23(28)24(26(36)32(3)4)35(25(22)31-27)21-7-5-6-8-21/h9-12,17-18,21H,5-8,13-16H2,1-4H3,(H,29,30,31). The fourth-order valence-corrected chi connectivity index (χ4v) is 5.42. The van der Waals surface area contributed by atoms with Gasteiger partial charge in [-0.05, 0) is 51.0 Å². The van der Waals surface area contributed by atoms with Crippen molar-refractivity contribution >= 4 is 34.3 Å². The Morgan fingerprint density at radius 1 is 1.08 bits per heavy atom. The molecule has 2 fully saturated rings. The van der Waals surface area contributed by atoms with Crippen LogP contribution in [0.25, 0.3) is 11.0 Å². The van der Waals surface area contributed by atoms with Gasteiger partial charge in [0, 0.05) is 69.9 Å². The molecular weight excluding hydrogens is 457 g/mol. The molecule has 36 heavy (non-hydrogen) atoms. The zero-order chi connectivity index (χ0) is 25.4. The topological polar surface area (TPSA) is 69.5 Å². The molecule has 0 unspecified atom stereocenters. The van der Waals surface area contributed by atoms with Crippen LogP contribution in [-0.4, -0.2) is 76.6 Å². The molecule has 0 radical (unpaired) electrons. The van der Waals surface area contributed by atoms with Gasteiger partial charge in [0.25, 0.3) is 5.91 Å². The molecule has 1 aliphatic carbocycles. The van der Waals surface area contributed by atoms with Gasteiger partial charge in [0.2, 0.25) is 5.95 Å². The maximum atomic E-state index is 15.4. The molecule has 0 bridgehead atoms. The fourth-order valence-electron chi connectivity index (χ4n) is 5.42. The van der Waals surface area contributed by atoms with Crippen molar-refractivity contribution in [1.29, 1.82) is 0 Å². The number of hydrogen-bond donors (Lipinski definition) is 1. The van der Waals surface area contributed by atoms with Crippen LogP contribution >= 0.6 is 0 Å². The molecule has 1 saturated carbocycles. The minimum atomic E-state index is -0.538. The number of amides is 1. The first-order valence-corrected chi connectivity index (χ1v) is 13.0. The minimum absolute atomic E-state index is 0.0640. The second-order valence-corrected chi connectivity index (χ2v) is 10.4. The molecule has 1 N–H and O–H groups in total. The van der Waals surface area contributed by atoms with Crippen molar-refractivity contribution in [3.05, 3.63) is 42.0 Å². The molecule has 1 saturated heterocycles. The van der Waals surface area contributed by atoms with E-state index in [9.17, 15) is 4.79 Å². The lowest BCUT2D eigenvalue weighted by Crippen LogP contribution is -2.48. The Hall–Kier alpha value is -3.20. The second-order valence-electron chi connectivity index (χ2n) is 10.4. The number of carbonyl (C=O) groups is 1. The average Bonchev–Trinajstić information content (AvgIpc) is 3.50. The number of fused-ring (bicyclic) bond motifs is 1. The van der Waals surface area contributed by atoms with E-state index in [1.165, 1.54) is 16.8 Å². The molecule has 0 spiro atoms. The van der Waals surface area contributed by atoms with E-state index >= 15 is 4.39 Å². The molecule has 192 valence electrons. The first kappa shape index (κ1) is 24.5. The molecule has 1 aliphatic heterocycles. The lowest BCUT2D eigenvalue weighted by Gasteiger charge is -2.38. The molecule has 0 atom stereocenters. The van der Waals surface area contributed by atoms with Crippen LogP contribution in [-0.2, 0) is 0 Å². The predicted octanol–water partition coefficient (Wildman–Crippen LogP) is 4.66. The molecule has 1 aromatic carbocycles. The number of anilines is 3. The summed E-state index contributed by atoms with van der Waals surface area (Å²) in [5.41, 5.74) is 2.62. The smallest absolute Gasteiger partial charge is 0.273 e. The van der Waals surface area contributed by atoms with Gasteiger partial charge in [0.15, 0.2) is 5.82 Å². The number of aromatic nitrogens is 3. The van der Waals surface area contributed by atoms with Gasteiger partial charge in [-0.2, -0.15) is 4.98 Å². The van der Waals surface area contributed by atoms with Crippen LogP contribution in [0.5, 0.6) is 0 Å².